The number of hydrogen-bond donors (Lipinski definition) is 0. The monoisotopic (exact) mass is 462 g/mol. The predicted octanol–water partition coefficient (Wildman–Crippen LogP) is 5.88. The van der Waals surface area contributed by atoms with Gasteiger partial charge in [0.2, 0.25) is 0 Å². The Morgan fingerprint density at radius 1 is 0.824 bits per heavy atom. The van der Waals surface area contributed by atoms with Crippen LogP contribution >= 0.6 is 0 Å². The van der Waals surface area contributed by atoms with Crippen molar-refractivity contribution in [2.75, 3.05) is 33.4 Å². The van der Waals surface area contributed by atoms with Gasteiger partial charge in [-0.05, 0) is 42.5 Å². The second-order valence-corrected chi connectivity index (χ2v) is 7.63. The Morgan fingerprint density at radius 2 is 1.50 bits per heavy atom. The summed E-state index contributed by atoms with van der Waals surface area (Å²) in [6.07, 6.45) is 4.47. The molecule has 6 nitrogen and oxygen atoms in total. The van der Waals surface area contributed by atoms with Crippen molar-refractivity contribution in [1.29, 1.82) is 0 Å². The van der Waals surface area contributed by atoms with E-state index in [0.717, 1.165) is 16.8 Å². The highest BCUT2D eigenvalue weighted by Gasteiger charge is 2.31. The van der Waals surface area contributed by atoms with Gasteiger partial charge in [0.05, 0.1) is 45.9 Å². The van der Waals surface area contributed by atoms with Crippen LogP contribution in [0.4, 0.5) is 10.1 Å². The van der Waals surface area contributed by atoms with E-state index in [2.05, 4.69) is 0 Å². The Labute approximate surface area is 198 Å². The normalized spacial score (nSPS) is 15.4. The summed E-state index contributed by atoms with van der Waals surface area (Å²) < 4.78 is 36.2. The molecule has 3 aromatic carbocycles. The van der Waals surface area contributed by atoms with Crippen molar-refractivity contribution in [3.05, 3.63) is 83.7 Å². The second-order valence-electron chi connectivity index (χ2n) is 7.63. The van der Waals surface area contributed by atoms with Crippen LogP contribution in [0.15, 0.2) is 71.8 Å². The summed E-state index contributed by atoms with van der Waals surface area (Å²) in [6, 6.07) is 17.6. The smallest absolute Gasteiger partial charge is 0.167 e. The number of rotatable bonds is 8. The molecule has 0 amide bonds. The van der Waals surface area contributed by atoms with Crippen LogP contribution < -0.4 is 24.0 Å². The molecule has 0 saturated heterocycles. The number of ether oxygens (including phenoxy) is 4. The zero-order chi connectivity index (χ0) is 24.1. The maximum absolute atomic E-state index is 14.1. The zero-order valence-corrected chi connectivity index (χ0v) is 19.6. The summed E-state index contributed by atoms with van der Waals surface area (Å²) in [5.74, 6) is 2.23. The van der Waals surface area contributed by atoms with E-state index in [0.29, 0.717) is 35.1 Å². The van der Waals surface area contributed by atoms with Gasteiger partial charge in [-0.1, -0.05) is 30.3 Å². The Morgan fingerprint density at radius 3 is 2.18 bits per heavy atom. The molecule has 0 unspecified atom stereocenters. The van der Waals surface area contributed by atoms with Gasteiger partial charge in [0.1, 0.15) is 5.82 Å². The second kappa shape index (κ2) is 10.3. The van der Waals surface area contributed by atoms with Gasteiger partial charge in [-0.15, -0.1) is 0 Å². The van der Waals surface area contributed by atoms with Crippen LogP contribution in [0.25, 0.3) is 6.08 Å². The van der Waals surface area contributed by atoms with E-state index in [1.54, 1.807) is 34.5 Å². The summed E-state index contributed by atoms with van der Waals surface area (Å²) in [4.78, 5) is 0. The Balaban J connectivity index is 1.74. The van der Waals surface area contributed by atoms with E-state index >= 15 is 0 Å². The fraction of sp³-hybridized carbons (Fsp3) is 0.222. The molecule has 176 valence electrons. The van der Waals surface area contributed by atoms with Crippen LogP contribution in [0.3, 0.4) is 0 Å². The van der Waals surface area contributed by atoms with Crippen molar-refractivity contribution in [2.45, 2.75) is 12.5 Å². The van der Waals surface area contributed by atoms with Crippen LogP contribution in [-0.2, 0) is 0 Å². The molecule has 0 aromatic heterocycles. The fourth-order valence-corrected chi connectivity index (χ4v) is 4.14. The number of anilines is 1. The largest absolute Gasteiger partial charge is 0.493 e. The molecular formula is C27H27FN2O4. The summed E-state index contributed by atoms with van der Waals surface area (Å²) in [6.45, 7) is 0. The van der Waals surface area contributed by atoms with Gasteiger partial charge < -0.3 is 18.9 Å². The molecule has 3 aromatic rings. The minimum Gasteiger partial charge on any atom is -0.493 e. The first kappa shape index (κ1) is 23.2. The molecular weight excluding hydrogens is 435 g/mol. The quantitative estimate of drug-likeness (QED) is 0.418. The number of benzene rings is 3. The molecule has 1 atom stereocenters. The summed E-state index contributed by atoms with van der Waals surface area (Å²) >= 11 is 0. The number of para-hydroxylation sites is 2. The lowest BCUT2D eigenvalue weighted by molar-refractivity contribution is 0.349. The molecule has 1 heterocycles. The van der Waals surface area contributed by atoms with Gasteiger partial charge in [-0.2, -0.15) is 5.10 Å². The molecule has 0 N–H and O–H groups in total. The lowest BCUT2D eigenvalue weighted by atomic mass is 9.99. The van der Waals surface area contributed by atoms with Gasteiger partial charge in [0, 0.05) is 17.5 Å². The first-order valence-corrected chi connectivity index (χ1v) is 10.8. The van der Waals surface area contributed by atoms with Crippen molar-refractivity contribution >= 4 is 17.5 Å². The molecule has 0 bridgehead atoms. The van der Waals surface area contributed by atoms with E-state index in [1.807, 2.05) is 59.6 Å². The number of hydrogen-bond acceptors (Lipinski definition) is 6. The third-order valence-corrected chi connectivity index (χ3v) is 5.69. The average Bonchev–Trinajstić information content (AvgIpc) is 3.30. The first-order chi connectivity index (χ1) is 16.6. The SMILES string of the molecule is COc1cccc(/C=C/C2=NN(c3cccc(F)c3)[C@@H](c3cccc(OC)c3OC)C2)c1OC. The number of halogens is 1. The summed E-state index contributed by atoms with van der Waals surface area (Å²) in [5, 5.41) is 6.65. The van der Waals surface area contributed by atoms with Crippen LogP contribution in [0, 0.1) is 5.82 Å². The van der Waals surface area contributed by atoms with E-state index in [-0.39, 0.29) is 11.9 Å². The van der Waals surface area contributed by atoms with E-state index < -0.39 is 0 Å². The van der Waals surface area contributed by atoms with E-state index in [9.17, 15) is 4.39 Å². The van der Waals surface area contributed by atoms with Crippen LogP contribution in [0.5, 0.6) is 23.0 Å². The standard InChI is InChI=1S/C27H27FN2O4/c1-31-24-12-5-8-18(26(24)33-3)14-15-20-17-23(22-11-7-13-25(32-2)27(22)34-4)30(29-20)21-10-6-9-19(28)16-21/h5-16,23H,17H2,1-4H3/b15-14+/t23-/m1/s1. The number of allylic oxidation sites excluding steroid dienone is 1. The highest BCUT2D eigenvalue weighted by atomic mass is 19.1. The lowest BCUT2D eigenvalue weighted by Crippen LogP contribution is -2.19. The predicted molar refractivity (Wildman–Crippen MR) is 132 cm³/mol. The molecule has 0 fully saturated rings. The molecule has 0 spiro atoms. The van der Waals surface area contributed by atoms with Gasteiger partial charge in [-0.3, -0.25) is 5.01 Å². The highest BCUT2D eigenvalue weighted by molar-refractivity contribution is 6.01. The minimum atomic E-state index is -0.325. The topological polar surface area (TPSA) is 52.5 Å². The van der Waals surface area contributed by atoms with E-state index in [1.165, 1.54) is 12.1 Å². The Hall–Kier alpha value is -4.00. The maximum atomic E-state index is 14.1. The Kier molecular flexibility index (Phi) is 7.01. The van der Waals surface area contributed by atoms with Crippen LogP contribution in [0.1, 0.15) is 23.6 Å². The maximum Gasteiger partial charge on any atom is 0.167 e. The van der Waals surface area contributed by atoms with Crippen molar-refractivity contribution in [2.24, 2.45) is 5.10 Å². The average molecular weight is 463 g/mol. The van der Waals surface area contributed by atoms with Gasteiger partial charge in [-0.25, -0.2) is 4.39 Å². The molecule has 34 heavy (non-hydrogen) atoms. The number of hydrazone groups is 1. The van der Waals surface area contributed by atoms with Crippen molar-refractivity contribution in [3.63, 3.8) is 0 Å². The molecule has 1 aliphatic heterocycles. The van der Waals surface area contributed by atoms with Crippen molar-refractivity contribution < 1.29 is 23.3 Å². The molecule has 4 rings (SSSR count). The molecule has 0 saturated carbocycles. The van der Waals surface area contributed by atoms with Crippen LogP contribution in [0.2, 0.25) is 0 Å². The Bertz CT molecular complexity index is 1230. The molecule has 1 aliphatic rings. The minimum absolute atomic E-state index is 0.210. The highest BCUT2D eigenvalue weighted by Crippen LogP contribution is 2.43. The van der Waals surface area contributed by atoms with Gasteiger partial charge >= 0.3 is 0 Å². The first-order valence-electron chi connectivity index (χ1n) is 10.8. The van der Waals surface area contributed by atoms with Crippen LogP contribution in [-0.4, -0.2) is 34.2 Å². The lowest BCUT2D eigenvalue weighted by Gasteiger charge is -2.26. The molecule has 0 aliphatic carbocycles. The number of nitrogens with zero attached hydrogens (tertiary/aromatic N) is 2. The van der Waals surface area contributed by atoms with Crippen molar-refractivity contribution in [1.82, 2.24) is 0 Å². The third-order valence-electron chi connectivity index (χ3n) is 5.69. The molecule has 0 radical (unpaired) electrons. The van der Waals surface area contributed by atoms with E-state index in [4.69, 9.17) is 24.0 Å². The summed E-state index contributed by atoms with van der Waals surface area (Å²) in [7, 11) is 6.43. The zero-order valence-electron chi connectivity index (χ0n) is 19.6. The number of methoxy groups -OCH3 is 4. The van der Waals surface area contributed by atoms with Crippen molar-refractivity contribution in [3.8, 4) is 23.0 Å². The summed E-state index contributed by atoms with van der Waals surface area (Å²) in [5.41, 5.74) is 3.24. The molecule has 7 heteroatoms. The van der Waals surface area contributed by atoms with Gasteiger partial charge in [0.15, 0.2) is 23.0 Å². The fourth-order valence-electron chi connectivity index (χ4n) is 4.14. The third kappa shape index (κ3) is 4.55. The van der Waals surface area contributed by atoms with Gasteiger partial charge in [0.25, 0.3) is 0 Å².